The lowest BCUT2D eigenvalue weighted by Gasteiger charge is -2.35. The standard InChI is InChI=1S/C18H24N2O5/c1-23-10-5-3-9(4-6-10)8-25-18(22)14-11-7-12(16(14)20)15(19)13(11)17(21)24-2/h3-6,11-16H,7-8,19-20H2,1-2H3/t11?,12?,13-,14?,15-,16-/m1/s1. The highest BCUT2D eigenvalue weighted by Gasteiger charge is 2.61. The van der Waals surface area contributed by atoms with Gasteiger partial charge >= 0.3 is 11.9 Å². The van der Waals surface area contributed by atoms with Crippen molar-refractivity contribution in [3.8, 4) is 5.75 Å². The Morgan fingerprint density at radius 1 is 1.00 bits per heavy atom. The predicted octanol–water partition coefficient (Wildman–Crippen LogP) is 0.448. The van der Waals surface area contributed by atoms with Gasteiger partial charge in [-0.2, -0.15) is 0 Å². The van der Waals surface area contributed by atoms with Gasteiger partial charge in [0, 0.05) is 12.1 Å². The number of methoxy groups -OCH3 is 2. The molecular formula is C18H24N2O5. The molecule has 0 amide bonds. The Bertz CT molecular complexity index is 647. The van der Waals surface area contributed by atoms with E-state index in [0.29, 0.717) is 6.42 Å². The summed E-state index contributed by atoms with van der Waals surface area (Å²) in [5, 5.41) is 0. The molecule has 2 fully saturated rings. The summed E-state index contributed by atoms with van der Waals surface area (Å²) in [5.41, 5.74) is 13.2. The maximum absolute atomic E-state index is 12.6. The number of hydrogen-bond acceptors (Lipinski definition) is 7. The molecule has 2 bridgehead atoms. The molecule has 2 saturated carbocycles. The molecule has 0 aromatic heterocycles. The van der Waals surface area contributed by atoms with Crippen molar-refractivity contribution in [2.75, 3.05) is 14.2 Å². The summed E-state index contributed by atoms with van der Waals surface area (Å²) in [6.07, 6.45) is 0.657. The molecule has 0 saturated heterocycles. The third kappa shape index (κ3) is 3.09. The molecule has 4 N–H and O–H groups in total. The van der Waals surface area contributed by atoms with E-state index < -0.39 is 11.8 Å². The maximum Gasteiger partial charge on any atom is 0.311 e. The molecule has 0 heterocycles. The van der Waals surface area contributed by atoms with Gasteiger partial charge in [-0.15, -0.1) is 0 Å². The monoisotopic (exact) mass is 348 g/mol. The lowest BCUT2D eigenvalue weighted by Crippen LogP contribution is -2.54. The molecular weight excluding hydrogens is 324 g/mol. The van der Waals surface area contributed by atoms with Gasteiger partial charge < -0.3 is 25.7 Å². The highest BCUT2D eigenvalue weighted by Crippen LogP contribution is 2.51. The van der Waals surface area contributed by atoms with Gasteiger partial charge in [0.05, 0.1) is 26.1 Å². The number of carbonyl (C=O) groups is 2. The molecule has 136 valence electrons. The first-order valence-corrected chi connectivity index (χ1v) is 8.36. The van der Waals surface area contributed by atoms with E-state index in [1.165, 1.54) is 7.11 Å². The van der Waals surface area contributed by atoms with Crippen LogP contribution in [-0.4, -0.2) is 38.2 Å². The minimum Gasteiger partial charge on any atom is -0.497 e. The largest absolute Gasteiger partial charge is 0.497 e. The van der Waals surface area contributed by atoms with Crippen molar-refractivity contribution in [3.05, 3.63) is 29.8 Å². The van der Waals surface area contributed by atoms with Crippen LogP contribution in [0.25, 0.3) is 0 Å². The third-order valence-electron chi connectivity index (χ3n) is 5.57. The maximum atomic E-state index is 12.6. The molecule has 6 atom stereocenters. The third-order valence-corrected chi connectivity index (χ3v) is 5.57. The molecule has 25 heavy (non-hydrogen) atoms. The molecule has 3 rings (SSSR count). The van der Waals surface area contributed by atoms with Crippen molar-refractivity contribution in [1.82, 2.24) is 0 Å². The Labute approximate surface area is 146 Å². The normalized spacial score (nSPS) is 33.1. The van der Waals surface area contributed by atoms with Gasteiger partial charge in [-0.25, -0.2) is 0 Å². The van der Waals surface area contributed by atoms with E-state index in [4.69, 9.17) is 25.7 Å². The minimum absolute atomic E-state index is 0.0624. The molecule has 0 radical (unpaired) electrons. The quantitative estimate of drug-likeness (QED) is 0.743. The van der Waals surface area contributed by atoms with Crippen LogP contribution in [0.1, 0.15) is 12.0 Å². The van der Waals surface area contributed by atoms with Crippen molar-refractivity contribution in [3.63, 3.8) is 0 Å². The van der Waals surface area contributed by atoms with E-state index in [0.717, 1.165) is 11.3 Å². The lowest BCUT2D eigenvalue weighted by atomic mass is 9.75. The summed E-state index contributed by atoms with van der Waals surface area (Å²) in [7, 11) is 2.92. The molecule has 7 nitrogen and oxygen atoms in total. The van der Waals surface area contributed by atoms with Crippen LogP contribution < -0.4 is 16.2 Å². The fourth-order valence-electron chi connectivity index (χ4n) is 4.28. The van der Waals surface area contributed by atoms with Crippen molar-refractivity contribution in [2.45, 2.75) is 25.1 Å². The number of hydrogen-bond donors (Lipinski definition) is 2. The predicted molar refractivity (Wildman–Crippen MR) is 89.3 cm³/mol. The van der Waals surface area contributed by atoms with Crippen LogP contribution in [-0.2, 0) is 25.7 Å². The van der Waals surface area contributed by atoms with E-state index in [9.17, 15) is 9.59 Å². The molecule has 2 aliphatic carbocycles. The van der Waals surface area contributed by atoms with Crippen LogP contribution in [0.3, 0.4) is 0 Å². The number of rotatable bonds is 5. The highest BCUT2D eigenvalue weighted by atomic mass is 16.5. The van der Waals surface area contributed by atoms with Crippen LogP contribution >= 0.6 is 0 Å². The van der Waals surface area contributed by atoms with Crippen molar-refractivity contribution < 1.29 is 23.8 Å². The van der Waals surface area contributed by atoms with Gasteiger partial charge in [0.1, 0.15) is 12.4 Å². The van der Waals surface area contributed by atoms with Gasteiger partial charge in [-0.05, 0) is 36.0 Å². The smallest absolute Gasteiger partial charge is 0.311 e. The van der Waals surface area contributed by atoms with E-state index >= 15 is 0 Å². The van der Waals surface area contributed by atoms with Crippen LogP contribution in [0.5, 0.6) is 5.75 Å². The first-order chi connectivity index (χ1) is 12.0. The van der Waals surface area contributed by atoms with E-state index in [1.807, 2.05) is 12.1 Å². The second-order valence-electron chi connectivity index (χ2n) is 6.75. The number of nitrogens with two attached hydrogens (primary N) is 2. The molecule has 7 heteroatoms. The van der Waals surface area contributed by atoms with Gasteiger partial charge in [-0.1, -0.05) is 12.1 Å². The summed E-state index contributed by atoms with van der Waals surface area (Å²) in [5.74, 6) is -1.31. The lowest BCUT2D eigenvalue weighted by molar-refractivity contribution is -0.157. The van der Waals surface area contributed by atoms with Gasteiger partial charge in [-0.3, -0.25) is 9.59 Å². The number of carbonyl (C=O) groups excluding carboxylic acids is 2. The zero-order valence-corrected chi connectivity index (χ0v) is 14.4. The van der Waals surface area contributed by atoms with Crippen molar-refractivity contribution in [2.24, 2.45) is 35.1 Å². The Hall–Kier alpha value is -2.12. The van der Waals surface area contributed by atoms with Gasteiger partial charge in [0.2, 0.25) is 0 Å². The Morgan fingerprint density at radius 2 is 1.60 bits per heavy atom. The molecule has 0 aliphatic heterocycles. The summed E-state index contributed by atoms with van der Waals surface area (Å²) >= 11 is 0. The number of ether oxygens (including phenoxy) is 3. The van der Waals surface area contributed by atoms with Crippen LogP contribution in [0.4, 0.5) is 0 Å². The zero-order chi connectivity index (χ0) is 18.1. The average molecular weight is 348 g/mol. The van der Waals surface area contributed by atoms with E-state index in [1.54, 1.807) is 19.2 Å². The first-order valence-electron chi connectivity index (χ1n) is 8.36. The second kappa shape index (κ2) is 7.01. The summed E-state index contributed by atoms with van der Waals surface area (Å²) in [6, 6.07) is 6.53. The van der Waals surface area contributed by atoms with Gasteiger partial charge in [0.15, 0.2) is 0 Å². The van der Waals surface area contributed by atoms with Gasteiger partial charge in [0.25, 0.3) is 0 Å². The van der Waals surface area contributed by atoms with Crippen molar-refractivity contribution >= 4 is 11.9 Å². The molecule has 3 unspecified atom stereocenters. The molecule has 0 spiro atoms. The molecule has 1 aromatic carbocycles. The fraction of sp³-hybridized carbons (Fsp3) is 0.556. The zero-order valence-electron chi connectivity index (χ0n) is 14.4. The Balaban J connectivity index is 1.66. The summed E-state index contributed by atoms with van der Waals surface area (Å²) in [4.78, 5) is 24.6. The second-order valence-corrected chi connectivity index (χ2v) is 6.75. The molecule has 2 aliphatic rings. The number of fused-ring (bicyclic) bond motifs is 2. The van der Waals surface area contributed by atoms with Crippen LogP contribution in [0.2, 0.25) is 0 Å². The molecule has 1 aromatic rings. The topological polar surface area (TPSA) is 114 Å². The Kier molecular flexibility index (Phi) is 4.96. The summed E-state index contributed by atoms with van der Waals surface area (Å²) < 4.78 is 15.4. The SMILES string of the molecule is COC(=O)[C@@H]1C2CC([C@@H](N)C2C(=O)OCc2ccc(OC)cc2)[C@H]1N. The fourth-order valence-corrected chi connectivity index (χ4v) is 4.28. The highest BCUT2D eigenvalue weighted by molar-refractivity contribution is 5.79. The van der Waals surface area contributed by atoms with Crippen molar-refractivity contribution in [1.29, 1.82) is 0 Å². The average Bonchev–Trinajstić information content (AvgIpc) is 3.13. The van der Waals surface area contributed by atoms with Crippen LogP contribution in [0.15, 0.2) is 24.3 Å². The first kappa shape index (κ1) is 17.7. The minimum atomic E-state index is -0.521. The number of benzene rings is 1. The van der Waals surface area contributed by atoms with E-state index in [-0.39, 0.29) is 42.5 Å². The number of esters is 2. The van der Waals surface area contributed by atoms with Crippen LogP contribution in [0, 0.1) is 23.7 Å². The summed E-state index contributed by atoms with van der Waals surface area (Å²) in [6.45, 7) is 0.151. The Morgan fingerprint density at radius 3 is 2.12 bits per heavy atom. The van der Waals surface area contributed by atoms with E-state index in [2.05, 4.69) is 0 Å².